The van der Waals surface area contributed by atoms with Gasteiger partial charge in [-0.1, -0.05) is 13.8 Å². The van der Waals surface area contributed by atoms with Crippen LogP contribution in [0.15, 0.2) is 18.6 Å². The van der Waals surface area contributed by atoms with Crippen LogP contribution in [-0.2, 0) is 0 Å². The van der Waals surface area contributed by atoms with Crippen LogP contribution in [0.1, 0.15) is 35.8 Å². The first kappa shape index (κ1) is 13.0. The summed E-state index contributed by atoms with van der Waals surface area (Å²) in [6, 6.07) is 1.56. The van der Waals surface area contributed by atoms with Gasteiger partial charge in [0, 0.05) is 18.8 Å². The number of primary amides is 1. The van der Waals surface area contributed by atoms with Crippen LogP contribution in [0.4, 0.5) is 5.82 Å². The normalized spacial score (nSPS) is 10.7. The molecule has 19 heavy (non-hydrogen) atoms. The molecule has 0 unspecified atom stereocenters. The Hall–Kier alpha value is -2.44. The van der Waals surface area contributed by atoms with E-state index in [2.05, 4.69) is 20.4 Å². The molecule has 0 bridgehead atoms. The average molecular weight is 260 g/mol. The van der Waals surface area contributed by atoms with Crippen molar-refractivity contribution in [3.8, 4) is 5.82 Å². The molecule has 0 radical (unpaired) electrons. The molecule has 0 atom stereocenters. The lowest BCUT2D eigenvalue weighted by Crippen LogP contribution is -2.14. The number of anilines is 1. The summed E-state index contributed by atoms with van der Waals surface area (Å²) >= 11 is 0. The average Bonchev–Trinajstić information content (AvgIpc) is 2.87. The summed E-state index contributed by atoms with van der Waals surface area (Å²) in [5.74, 6) is 1.03. The van der Waals surface area contributed by atoms with Gasteiger partial charge in [-0.05, 0) is 12.0 Å². The van der Waals surface area contributed by atoms with Crippen LogP contribution in [-0.4, -0.2) is 32.7 Å². The van der Waals surface area contributed by atoms with Gasteiger partial charge in [0.15, 0.2) is 5.82 Å². The molecular weight excluding hydrogens is 244 g/mol. The highest BCUT2D eigenvalue weighted by Gasteiger charge is 2.17. The number of rotatable bonds is 4. The van der Waals surface area contributed by atoms with Crippen molar-refractivity contribution < 1.29 is 4.79 Å². The summed E-state index contributed by atoms with van der Waals surface area (Å²) in [5.41, 5.74) is 6.34. The van der Waals surface area contributed by atoms with Gasteiger partial charge in [0.2, 0.25) is 0 Å². The third kappa shape index (κ3) is 2.40. The summed E-state index contributed by atoms with van der Waals surface area (Å²) in [4.78, 5) is 19.5. The largest absolute Gasteiger partial charge is 0.373 e. The van der Waals surface area contributed by atoms with E-state index in [0.29, 0.717) is 5.82 Å². The zero-order valence-electron chi connectivity index (χ0n) is 11.1. The van der Waals surface area contributed by atoms with Gasteiger partial charge in [0.1, 0.15) is 17.8 Å². The lowest BCUT2D eigenvalue weighted by molar-refractivity contribution is 0.0995. The zero-order chi connectivity index (χ0) is 14.0. The minimum atomic E-state index is -0.562. The molecule has 0 fully saturated rings. The van der Waals surface area contributed by atoms with E-state index in [1.807, 2.05) is 13.8 Å². The van der Waals surface area contributed by atoms with Gasteiger partial charge in [-0.3, -0.25) is 4.79 Å². The van der Waals surface area contributed by atoms with Crippen molar-refractivity contribution in [1.82, 2.24) is 19.7 Å². The van der Waals surface area contributed by atoms with Crippen LogP contribution >= 0.6 is 0 Å². The van der Waals surface area contributed by atoms with Gasteiger partial charge in [0.25, 0.3) is 5.91 Å². The van der Waals surface area contributed by atoms with Gasteiger partial charge >= 0.3 is 0 Å². The number of carbonyl (C=O) groups excluding carboxylic acids is 1. The lowest BCUT2D eigenvalue weighted by atomic mass is 10.0. The molecule has 2 rings (SSSR count). The second kappa shape index (κ2) is 5.05. The Labute approximate surface area is 110 Å². The number of hydrogen-bond donors (Lipinski definition) is 2. The molecule has 2 heterocycles. The third-order valence-corrected chi connectivity index (χ3v) is 2.74. The molecule has 0 aliphatic carbocycles. The number of nitrogens with one attached hydrogen (secondary N) is 1. The van der Waals surface area contributed by atoms with Gasteiger partial charge in [-0.2, -0.15) is 5.10 Å². The second-order valence-corrected chi connectivity index (χ2v) is 4.37. The molecule has 0 aliphatic heterocycles. The highest BCUT2D eigenvalue weighted by Crippen LogP contribution is 2.26. The maximum absolute atomic E-state index is 11.1. The first-order valence-corrected chi connectivity index (χ1v) is 5.93. The number of nitrogens with two attached hydrogens (primary N) is 1. The van der Waals surface area contributed by atoms with Crippen molar-refractivity contribution in [2.24, 2.45) is 5.73 Å². The smallest absolute Gasteiger partial charge is 0.269 e. The van der Waals surface area contributed by atoms with E-state index >= 15 is 0 Å². The van der Waals surface area contributed by atoms with Gasteiger partial charge in [-0.25, -0.2) is 14.6 Å². The molecule has 7 heteroatoms. The molecule has 100 valence electrons. The predicted molar refractivity (Wildman–Crippen MR) is 71.3 cm³/mol. The summed E-state index contributed by atoms with van der Waals surface area (Å²) in [7, 11) is 1.80. The molecule has 0 aliphatic rings. The molecule has 1 amide bonds. The van der Waals surface area contributed by atoms with Gasteiger partial charge in [0.05, 0.1) is 0 Å². The van der Waals surface area contributed by atoms with E-state index in [0.717, 1.165) is 11.4 Å². The SMILES string of the molecule is CNc1ncnc(-n2ccc(C(N)=O)n2)c1C(C)C. The summed E-state index contributed by atoms with van der Waals surface area (Å²) < 4.78 is 1.54. The second-order valence-electron chi connectivity index (χ2n) is 4.37. The Morgan fingerprint density at radius 3 is 2.68 bits per heavy atom. The fourth-order valence-corrected chi connectivity index (χ4v) is 1.87. The van der Waals surface area contributed by atoms with Gasteiger partial charge < -0.3 is 11.1 Å². The van der Waals surface area contributed by atoms with Crippen LogP contribution < -0.4 is 11.1 Å². The van der Waals surface area contributed by atoms with Crippen LogP contribution in [0, 0.1) is 0 Å². The topological polar surface area (TPSA) is 98.7 Å². The van der Waals surface area contributed by atoms with Crippen molar-refractivity contribution in [2.75, 3.05) is 12.4 Å². The molecule has 0 aromatic carbocycles. The number of amides is 1. The maximum Gasteiger partial charge on any atom is 0.269 e. The lowest BCUT2D eigenvalue weighted by Gasteiger charge is -2.15. The predicted octanol–water partition coefficient (Wildman–Crippen LogP) is 0.926. The number of carbonyl (C=O) groups is 1. The summed E-state index contributed by atoms with van der Waals surface area (Å²) in [5, 5.41) is 7.16. The highest BCUT2D eigenvalue weighted by atomic mass is 16.1. The zero-order valence-corrected chi connectivity index (χ0v) is 11.1. The molecule has 7 nitrogen and oxygen atoms in total. The fraction of sp³-hybridized carbons (Fsp3) is 0.333. The van der Waals surface area contributed by atoms with Crippen molar-refractivity contribution in [3.63, 3.8) is 0 Å². The van der Waals surface area contributed by atoms with Crippen molar-refractivity contribution in [1.29, 1.82) is 0 Å². The minimum absolute atomic E-state index is 0.208. The summed E-state index contributed by atoms with van der Waals surface area (Å²) in [6.07, 6.45) is 3.12. The summed E-state index contributed by atoms with van der Waals surface area (Å²) in [6.45, 7) is 4.09. The van der Waals surface area contributed by atoms with Crippen LogP contribution in [0.25, 0.3) is 5.82 Å². The molecule has 0 spiro atoms. The Bertz CT molecular complexity index is 604. The van der Waals surface area contributed by atoms with Gasteiger partial charge in [-0.15, -0.1) is 0 Å². The maximum atomic E-state index is 11.1. The minimum Gasteiger partial charge on any atom is -0.373 e. The molecule has 0 saturated carbocycles. The number of aromatic nitrogens is 4. The number of nitrogens with zero attached hydrogens (tertiary/aromatic N) is 4. The highest BCUT2D eigenvalue weighted by molar-refractivity contribution is 5.90. The van der Waals surface area contributed by atoms with Crippen LogP contribution in [0.2, 0.25) is 0 Å². The van der Waals surface area contributed by atoms with Crippen molar-refractivity contribution in [3.05, 3.63) is 29.8 Å². The molecular formula is C12H16N6O. The molecule has 0 saturated heterocycles. The Kier molecular flexibility index (Phi) is 3.46. The van der Waals surface area contributed by atoms with Crippen LogP contribution in [0.3, 0.4) is 0 Å². The van der Waals surface area contributed by atoms with Crippen molar-refractivity contribution >= 4 is 11.7 Å². The molecule has 2 aromatic heterocycles. The molecule has 3 N–H and O–H groups in total. The van der Waals surface area contributed by atoms with Crippen LogP contribution in [0.5, 0.6) is 0 Å². The Balaban J connectivity index is 2.57. The standard InChI is InChI=1S/C12H16N6O/c1-7(2)9-11(14-3)15-6-16-12(9)18-5-4-8(17-18)10(13)19/h4-7H,1-3H3,(H2,13,19)(H,14,15,16). The van der Waals surface area contributed by atoms with Crippen molar-refractivity contribution in [2.45, 2.75) is 19.8 Å². The van der Waals surface area contributed by atoms with E-state index in [1.165, 1.54) is 11.0 Å². The van der Waals surface area contributed by atoms with E-state index < -0.39 is 5.91 Å². The van der Waals surface area contributed by atoms with E-state index in [4.69, 9.17) is 5.73 Å². The quantitative estimate of drug-likeness (QED) is 0.851. The van der Waals surface area contributed by atoms with E-state index in [9.17, 15) is 4.79 Å². The number of hydrogen-bond acceptors (Lipinski definition) is 5. The Morgan fingerprint density at radius 1 is 1.42 bits per heavy atom. The molecule has 2 aromatic rings. The Morgan fingerprint density at radius 2 is 2.16 bits per heavy atom. The fourth-order valence-electron chi connectivity index (χ4n) is 1.87. The van der Waals surface area contributed by atoms with E-state index in [1.54, 1.807) is 19.3 Å². The first-order valence-electron chi connectivity index (χ1n) is 5.93. The third-order valence-electron chi connectivity index (χ3n) is 2.74. The first-order chi connectivity index (χ1) is 9.04. The van der Waals surface area contributed by atoms with E-state index in [-0.39, 0.29) is 11.6 Å². The monoisotopic (exact) mass is 260 g/mol.